The summed E-state index contributed by atoms with van der Waals surface area (Å²) in [5.41, 5.74) is 8.64. The average Bonchev–Trinajstić information content (AvgIpc) is 3.06. The van der Waals surface area contributed by atoms with Gasteiger partial charge in [0.25, 0.3) is 0 Å². The molecule has 5 aromatic rings. The highest BCUT2D eigenvalue weighted by molar-refractivity contribution is 5.92. The van der Waals surface area contributed by atoms with Gasteiger partial charge in [-0.25, -0.2) is 9.78 Å². The monoisotopic (exact) mass is 546 g/mol. The van der Waals surface area contributed by atoms with Crippen LogP contribution < -0.4 is 5.73 Å². The number of esters is 1. The first kappa shape index (κ1) is 31.4. The van der Waals surface area contributed by atoms with Crippen LogP contribution in [0.15, 0.2) is 136 Å². The Morgan fingerprint density at radius 1 is 0.707 bits per heavy atom. The van der Waals surface area contributed by atoms with E-state index < -0.39 is 11.9 Å². The highest BCUT2D eigenvalue weighted by atomic mass is 16.5. The molecule has 0 bridgehead atoms. The molecule has 9 nitrogen and oxygen atoms in total. The molecule has 0 aliphatic heterocycles. The standard InChI is InChI=1S/C12H10N2O2.2C7H7N.C6H6N2O/c15-12(11-5-1-2-7-14-11)16-9-10-4-3-6-13-8-10;1-2-7-3-5-8-6-4-7;1-2-7-5-3-4-6-8-7;7-6(9)5-1-3-8-4-2-5/h1-8H,9H2;2*2-6H,1H2;1-4H,(H2,7,9). The zero-order valence-corrected chi connectivity index (χ0v) is 22.4. The Morgan fingerprint density at radius 3 is 1.80 bits per heavy atom. The Hall–Kier alpha value is -5.83. The predicted molar refractivity (Wildman–Crippen MR) is 159 cm³/mol. The maximum atomic E-state index is 11.5. The summed E-state index contributed by atoms with van der Waals surface area (Å²) in [5, 5.41) is 0. The van der Waals surface area contributed by atoms with Gasteiger partial charge in [-0.1, -0.05) is 37.4 Å². The molecule has 9 heteroatoms. The molecule has 206 valence electrons. The number of ether oxygens (including phenoxy) is 1. The molecule has 0 aliphatic carbocycles. The molecule has 1 amide bonds. The van der Waals surface area contributed by atoms with Crippen LogP contribution in [0.2, 0.25) is 0 Å². The summed E-state index contributed by atoms with van der Waals surface area (Å²) in [6.07, 6.45) is 16.7. The number of nitrogens with two attached hydrogens (primary N) is 1. The molecule has 0 radical (unpaired) electrons. The molecular formula is C32H30N6O3. The third-order valence-corrected chi connectivity index (χ3v) is 4.77. The number of amides is 1. The Morgan fingerprint density at radius 2 is 1.37 bits per heavy atom. The average molecular weight is 547 g/mol. The van der Waals surface area contributed by atoms with Crippen molar-refractivity contribution in [3.63, 3.8) is 0 Å². The molecule has 0 atom stereocenters. The summed E-state index contributed by atoms with van der Waals surface area (Å²) in [7, 11) is 0. The van der Waals surface area contributed by atoms with Crippen LogP contribution in [-0.4, -0.2) is 36.8 Å². The van der Waals surface area contributed by atoms with E-state index in [1.165, 1.54) is 12.4 Å². The van der Waals surface area contributed by atoms with Crippen molar-refractivity contribution < 1.29 is 14.3 Å². The summed E-state index contributed by atoms with van der Waals surface area (Å²) in [5.74, 6) is -0.846. The van der Waals surface area contributed by atoms with Gasteiger partial charge in [-0.2, -0.15) is 0 Å². The molecule has 0 aromatic carbocycles. The van der Waals surface area contributed by atoms with Gasteiger partial charge in [0.15, 0.2) is 0 Å². The van der Waals surface area contributed by atoms with Gasteiger partial charge >= 0.3 is 5.97 Å². The number of aromatic nitrogens is 5. The third kappa shape index (κ3) is 13.5. The molecule has 5 heterocycles. The van der Waals surface area contributed by atoms with E-state index in [4.69, 9.17) is 10.5 Å². The van der Waals surface area contributed by atoms with E-state index in [0.29, 0.717) is 11.3 Å². The van der Waals surface area contributed by atoms with Gasteiger partial charge in [0.2, 0.25) is 5.91 Å². The van der Waals surface area contributed by atoms with E-state index in [-0.39, 0.29) is 6.61 Å². The van der Waals surface area contributed by atoms with Crippen LogP contribution in [0.5, 0.6) is 0 Å². The first-order chi connectivity index (χ1) is 20.0. The molecular weight excluding hydrogens is 516 g/mol. The van der Waals surface area contributed by atoms with E-state index in [0.717, 1.165) is 16.8 Å². The van der Waals surface area contributed by atoms with Gasteiger partial charge < -0.3 is 10.5 Å². The van der Waals surface area contributed by atoms with Gasteiger partial charge in [-0.3, -0.25) is 24.7 Å². The fourth-order valence-electron chi connectivity index (χ4n) is 2.70. The second-order valence-corrected chi connectivity index (χ2v) is 7.70. The number of carbonyl (C=O) groups excluding carboxylic acids is 2. The lowest BCUT2D eigenvalue weighted by Crippen LogP contribution is -2.10. The number of nitrogens with zero attached hydrogens (tertiary/aromatic N) is 5. The van der Waals surface area contributed by atoms with Crippen molar-refractivity contribution in [1.82, 2.24) is 24.9 Å². The number of pyridine rings is 5. The van der Waals surface area contributed by atoms with Crippen LogP contribution in [0.3, 0.4) is 0 Å². The van der Waals surface area contributed by atoms with E-state index in [1.54, 1.807) is 85.7 Å². The predicted octanol–water partition coefficient (Wildman–Crippen LogP) is 5.46. The topological polar surface area (TPSA) is 134 Å². The molecule has 0 saturated carbocycles. The number of primary amides is 1. The number of hydrogen-bond donors (Lipinski definition) is 1. The Bertz CT molecular complexity index is 1390. The van der Waals surface area contributed by atoms with Crippen molar-refractivity contribution in [2.24, 2.45) is 5.73 Å². The van der Waals surface area contributed by atoms with Crippen LogP contribution in [0, 0.1) is 0 Å². The van der Waals surface area contributed by atoms with Gasteiger partial charge in [-0.05, 0) is 66.2 Å². The van der Waals surface area contributed by atoms with Gasteiger partial charge in [0.05, 0.1) is 5.69 Å². The fourth-order valence-corrected chi connectivity index (χ4v) is 2.70. The Balaban J connectivity index is 0.000000202. The quantitative estimate of drug-likeness (QED) is 0.277. The molecule has 5 rings (SSSR count). The SMILES string of the molecule is C=Cc1ccccn1.C=Cc1ccncc1.NC(=O)c1ccncc1.O=C(OCc1cccnc1)c1ccccn1. The summed E-state index contributed by atoms with van der Waals surface area (Å²) >= 11 is 0. The smallest absolute Gasteiger partial charge is 0.357 e. The first-order valence-corrected chi connectivity index (χ1v) is 12.3. The molecule has 0 fully saturated rings. The minimum Gasteiger partial charge on any atom is -0.456 e. The normalized spacial score (nSPS) is 9.07. The van der Waals surface area contributed by atoms with Crippen molar-refractivity contribution in [1.29, 1.82) is 0 Å². The van der Waals surface area contributed by atoms with Crippen LogP contribution in [0.25, 0.3) is 12.2 Å². The summed E-state index contributed by atoms with van der Waals surface area (Å²) in [6, 6.07) is 21.4. The second kappa shape index (κ2) is 19.3. The number of hydrogen-bond acceptors (Lipinski definition) is 8. The maximum absolute atomic E-state index is 11.5. The third-order valence-electron chi connectivity index (χ3n) is 4.77. The summed E-state index contributed by atoms with van der Waals surface area (Å²) in [4.78, 5) is 41.3. The second-order valence-electron chi connectivity index (χ2n) is 7.70. The minimum absolute atomic E-state index is 0.212. The summed E-state index contributed by atoms with van der Waals surface area (Å²) in [6.45, 7) is 7.38. The largest absolute Gasteiger partial charge is 0.456 e. The molecule has 0 spiro atoms. The zero-order valence-electron chi connectivity index (χ0n) is 22.4. The van der Waals surface area contributed by atoms with Crippen molar-refractivity contribution in [3.05, 3.63) is 164 Å². The molecule has 41 heavy (non-hydrogen) atoms. The molecule has 0 unspecified atom stereocenters. The lowest BCUT2D eigenvalue weighted by molar-refractivity contribution is 0.0465. The first-order valence-electron chi connectivity index (χ1n) is 12.3. The summed E-state index contributed by atoms with van der Waals surface area (Å²) < 4.78 is 5.07. The zero-order chi connectivity index (χ0) is 29.5. The van der Waals surface area contributed by atoms with E-state index in [9.17, 15) is 9.59 Å². The molecule has 0 aliphatic rings. The van der Waals surface area contributed by atoms with E-state index in [2.05, 4.69) is 38.1 Å². The molecule has 0 saturated heterocycles. The highest BCUT2D eigenvalue weighted by Gasteiger charge is 2.07. The number of rotatable bonds is 6. The van der Waals surface area contributed by atoms with Crippen LogP contribution in [0.4, 0.5) is 0 Å². The van der Waals surface area contributed by atoms with Gasteiger partial charge in [0, 0.05) is 60.7 Å². The maximum Gasteiger partial charge on any atom is 0.357 e. The van der Waals surface area contributed by atoms with E-state index >= 15 is 0 Å². The molecule has 5 aromatic heterocycles. The fraction of sp³-hybridized carbons (Fsp3) is 0.0312. The lowest BCUT2D eigenvalue weighted by atomic mass is 10.3. The van der Waals surface area contributed by atoms with Crippen LogP contribution >= 0.6 is 0 Å². The van der Waals surface area contributed by atoms with Crippen molar-refractivity contribution in [2.45, 2.75) is 6.61 Å². The molecule has 2 N–H and O–H groups in total. The van der Waals surface area contributed by atoms with Crippen molar-refractivity contribution in [3.8, 4) is 0 Å². The lowest BCUT2D eigenvalue weighted by Gasteiger charge is -2.03. The van der Waals surface area contributed by atoms with Crippen molar-refractivity contribution >= 4 is 24.0 Å². The van der Waals surface area contributed by atoms with E-state index in [1.807, 2.05) is 36.4 Å². The minimum atomic E-state index is -0.426. The van der Waals surface area contributed by atoms with Gasteiger partial charge in [-0.15, -0.1) is 0 Å². The number of carbonyl (C=O) groups is 2. The Kier molecular flexibility index (Phi) is 14.8. The van der Waals surface area contributed by atoms with Crippen LogP contribution in [0.1, 0.15) is 37.7 Å². The highest BCUT2D eigenvalue weighted by Crippen LogP contribution is 2.02. The Labute approximate surface area is 239 Å². The van der Waals surface area contributed by atoms with Gasteiger partial charge in [0.1, 0.15) is 12.3 Å². The van der Waals surface area contributed by atoms with Crippen molar-refractivity contribution in [2.75, 3.05) is 0 Å². The van der Waals surface area contributed by atoms with Crippen LogP contribution in [-0.2, 0) is 11.3 Å².